The Balaban J connectivity index is 1.69. The molecule has 0 spiro atoms. The van der Waals surface area contributed by atoms with Crippen LogP contribution in [0.25, 0.3) is 16.0 Å². The molecular weight excluding hydrogens is 508 g/mol. The largest absolute Gasteiger partial charge is 0.507 e. The lowest BCUT2D eigenvalue weighted by molar-refractivity contribution is -0.132. The molecule has 1 N–H and O–H groups in total. The topological polar surface area (TPSA) is 89.0 Å². The van der Waals surface area contributed by atoms with Gasteiger partial charge in [-0.25, -0.2) is 4.98 Å². The van der Waals surface area contributed by atoms with Gasteiger partial charge >= 0.3 is 5.91 Å². The van der Waals surface area contributed by atoms with E-state index in [9.17, 15) is 14.7 Å². The van der Waals surface area contributed by atoms with E-state index in [1.54, 1.807) is 12.1 Å². The Morgan fingerprint density at radius 2 is 2.03 bits per heavy atom. The number of Topliss-reactive ketones (excluding diaryl/α,β-unsaturated/α-hetero) is 1. The molecule has 178 valence electrons. The summed E-state index contributed by atoms with van der Waals surface area (Å²) >= 11 is 8.82. The number of nitrogens with zero attached hydrogens (tertiary/aromatic N) is 2. The summed E-state index contributed by atoms with van der Waals surface area (Å²) in [5.74, 6) is -0.915. The minimum atomic E-state index is -0.856. The molecule has 5 rings (SSSR count). The smallest absolute Gasteiger partial charge is 0.301 e. The van der Waals surface area contributed by atoms with Gasteiger partial charge in [0.15, 0.2) is 5.13 Å². The summed E-state index contributed by atoms with van der Waals surface area (Å²) in [6.07, 6.45) is 0. The number of thiophene rings is 1. The van der Waals surface area contributed by atoms with Crippen LogP contribution in [-0.4, -0.2) is 35.5 Å². The normalized spacial score (nSPS) is 17.3. The van der Waals surface area contributed by atoms with Crippen LogP contribution in [0, 0.1) is 0 Å². The van der Waals surface area contributed by atoms with E-state index < -0.39 is 17.7 Å². The molecule has 1 unspecified atom stereocenters. The minimum Gasteiger partial charge on any atom is -0.507 e. The Bertz CT molecular complexity index is 1480. The van der Waals surface area contributed by atoms with Crippen molar-refractivity contribution in [2.24, 2.45) is 0 Å². The van der Waals surface area contributed by atoms with Crippen LogP contribution in [0.5, 0.6) is 11.5 Å². The molecule has 2 aromatic heterocycles. The van der Waals surface area contributed by atoms with Crippen LogP contribution in [0.15, 0.2) is 59.5 Å². The molecule has 0 bridgehead atoms. The first-order valence-electron chi connectivity index (χ1n) is 10.6. The number of methoxy groups -OCH3 is 1. The van der Waals surface area contributed by atoms with Crippen molar-refractivity contribution in [1.29, 1.82) is 0 Å². The zero-order valence-electron chi connectivity index (χ0n) is 18.6. The van der Waals surface area contributed by atoms with E-state index >= 15 is 0 Å². The number of aliphatic hydroxyl groups is 1. The van der Waals surface area contributed by atoms with E-state index in [4.69, 9.17) is 21.1 Å². The highest BCUT2D eigenvalue weighted by Crippen LogP contribution is 2.46. The van der Waals surface area contributed by atoms with Gasteiger partial charge in [-0.15, -0.1) is 11.3 Å². The van der Waals surface area contributed by atoms with Crippen molar-refractivity contribution >= 4 is 67.1 Å². The van der Waals surface area contributed by atoms with Crippen molar-refractivity contribution in [3.8, 4) is 11.5 Å². The predicted octanol–water partition coefficient (Wildman–Crippen LogP) is 6.04. The SMILES string of the molecule is CCOc1ccc2nc(N3C(=O)C(=O)/C(=C(/O)c4cc(Cl)ccc4OC)C3c3cccs3)sc2c1. The first-order valence-corrected chi connectivity index (χ1v) is 12.7. The van der Waals surface area contributed by atoms with E-state index in [1.807, 2.05) is 42.6 Å². The fraction of sp³-hybridized carbons (Fsp3) is 0.160. The number of fused-ring (bicyclic) bond motifs is 1. The van der Waals surface area contributed by atoms with E-state index in [1.165, 1.54) is 40.7 Å². The second-order valence-electron chi connectivity index (χ2n) is 7.59. The summed E-state index contributed by atoms with van der Waals surface area (Å²) in [6, 6.07) is 13.0. The lowest BCUT2D eigenvalue weighted by Crippen LogP contribution is -2.28. The lowest BCUT2D eigenvalue weighted by atomic mass is 9.99. The maximum Gasteiger partial charge on any atom is 0.301 e. The summed E-state index contributed by atoms with van der Waals surface area (Å²) in [5, 5.41) is 13.9. The first kappa shape index (κ1) is 23.3. The number of aromatic nitrogens is 1. The number of thiazole rings is 1. The van der Waals surface area contributed by atoms with Crippen molar-refractivity contribution in [3.05, 3.63) is 74.9 Å². The number of benzene rings is 2. The van der Waals surface area contributed by atoms with E-state index in [0.29, 0.717) is 38.7 Å². The molecular formula is C25H19ClN2O5S2. The van der Waals surface area contributed by atoms with Crippen molar-refractivity contribution in [2.45, 2.75) is 13.0 Å². The number of hydrogen-bond donors (Lipinski definition) is 1. The average Bonchev–Trinajstić information content (AvgIpc) is 3.57. The maximum atomic E-state index is 13.3. The van der Waals surface area contributed by atoms with E-state index in [2.05, 4.69) is 4.98 Å². The molecule has 1 fully saturated rings. The third-order valence-electron chi connectivity index (χ3n) is 5.54. The number of ether oxygens (including phenoxy) is 2. The molecule has 7 nitrogen and oxygen atoms in total. The zero-order valence-corrected chi connectivity index (χ0v) is 21.0. The van der Waals surface area contributed by atoms with Crippen LogP contribution >= 0.6 is 34.3 Å². The average molecular weight is 527 g/mol. The Labute approximate surface area is 213 Å². The van der Waals surface area contributed by atoms with Crippen LogP contribution in [-0.2, 0) is 9.59 Å². The van der Waals surface area contributed by atoms with Gasteiger partial charge in [0.2, 0.25) is 0 Å². The fourth-order valence-corrected chi connectivity index (χ4v) is 6.02. The summed E-state index contributed by atoms with van der Waals surface area (Å²) in [6.45, 7) is 2.43. The molecule has 10 heteroatoms. The summed E-state index contributed by atoms with van der Waals surface area (Å²) in [7, 11) is 1.45. The number of halogens is 1. The predicted molar refractivity (Wildman–Crippen MR) is 138 cm³/mol. The molecule has 2 aromatic carbocycles. The number of rotatable bonds is 6. The number of aliphatic hydroxyl groups excluding tert-OH is 1. The molecule has 1 aliphatic rings. The van der Waals surface area contributed by atoms with Gasteiger partial charge in [-0.3, -0.25) is 14.5 Å². The Kier molecular flexibility index (Phi) is 6.22. The number of ketones is 1. The van der Waals surface area contributed by atoms with Gasteiger partial charge in [-0.1, -0.05) is 29.0 Å². The number of carbonyl (C=O) groups is 2. The number of carbonyl (C=O) groups excluding carboxylic acids is 2. The minimum absolute atomic E-state index is 0.0488. The molecule has 1 atom stereocenters. The third kappa shape index (κ3) is 4.05. The van der Waals surface area contributed by atoms with Gasteiger partial charge in [0.05, 0.1) is 35.1 Å². The Hall–Kier alpha value is -3.40. The van der Waals surface area contributed by atoms with Gasteiger partial charge in [0, 0.05) is 9.90 Å². The summed E-state index contributed by atoms with van der Waals surface area (Å²) in [4.78, 5) is 33.4. The highest BCUT2D eigenvalue weighted by Gasteiger charge is 2.48. The van der Waals surface area contributed by atoms with Gasteiger partial charge in [0.25, 0.3) is 5.78 Å². The monoisotopic (exact) mass is 526 g/mol. The lowest BCUT2D eigenvalue weighted by Gasteiger charge is -2.21. The summed E-state index contributed by atoms with van der Waals surface area (Å²) < 4.78 is 11.8. The second-order valence-corrected chi connectivity index (χ2v) is 10.0. The molecule has 1 aliphatic heterocycles. The molecule has 35 heavy (non-hydrogen) atoms. The summed E-state index contributed by atoms with van der Waals surface area (Å²) in [5.41, 5.74) is 0.856. The molecule has 0 radical (unpaired) electrons. The standard InChI is InChI=1S/C25H19ClN2O5S2/c1-3-33-14-7-8-16-19(12-14)35-25(27-16)28-21(18-5-4-10-34-18)20(23(30)24(28)31)22(29)15-11-13(26)6-9-17(15)32-2/h4-12,21,29H,3H2,1-2H3/b22-20+. The van der Waals surface area contributed by atoms with E-state index in [0.717, 1.165) is 4.70 Å². The van der Waals surface area contributed by atoms with Crippen molar-refractivity contribution in [2.75, 3.05) is 18.6 Å². The first-order chi connectivity index (χ1) is 16.9. The van der Waals surface area contributed by atoms with Gasteiger partial charge < -0.3 is 14.6 Å². The van der Waals surface area contributed by atoms with Crippen LogP contribution < -0.4 is 14.4 Å². The number of hydrogen-bond acceptors (Lipinski definition) is 8. The zero-order chi connectivity index (χ0) is 24.7. The van der Waals surface area contributed by atoms with Gasteiger partial charge in [-0.2, -0.15) is 0 Å². The molecule has 4 aromatic rings. The fourth-order valence-electron chi connectivity index (χ4n) is 4.01. The number of anilines is 1. The van der Waals surface area contributed by atoms with Crippen molar-refractivity contribution in [3.63, 3.8) is 0 Å². The van der Waals surface area contributed by atoms with Gasteiger partial charge in [0.1, 0.15) is 23.3 Å². The van der Waals surface area contributed by atoms with Gasteiger partial charge in [-0.05, 0) is 54.8 Å². The van der Waals surface area contributed by atoms with Crippen LogP contribution in [0.4, 0.5) is 5.13 Å². The second kappa shape index (κ2) is 9.33. The van der Waals surface area contributed by atoms with Crippen LogP contribution in [0.1, 0.15) is 23.4 Å². The molecule has 3 heterocycles. The van der Waals surface area contributed by atoms with E-state index in [-0.39, 0.29) is 16.9 Å². The highest BCUT2D eigenvalue weighted by molar-refractivity contribution is 7.22. The molecule has 1 amide bonds. The number of amides is 1. The van der Waals surface area contributed by atoms with Crippen molar-refractivity contribution in [1.82, 2.24) is 4.98 Å². The molecule has 1 saturated heterocycles. The molecule has 0 saturated carbocycles. The van der Waals surface area contributed by atoms with Crippen molar-refractivity contribution < 1.29 is 24.2 Å². The Morgan fingerprint density at radius 1 is 1.20 bits per heavy atom. The quantitative estimate of drug-likeness (QED) is 0.187. The third-order valence-corrected chi connectivity index (χ3v) is 7.72. The Morgan fingerprint density at radius 3 is 2.74 bits per heavy atom. The highest BCUT2D eigenvalue weighted by atomic mass is 35.5. The van der Waals surface area contributed by atoms with Crippen LogP contribution in [0.2, 0.25) is 5.02 Å². The maximum absolute atomic E-state index is 13.3. The molecule has 0 aliphatic carbocycles. The van der Waals surface area contributed by atoms with Crippen LogP contribution in [0.3, 0.4) is 0 Å².